The first kappa shape index (κ1) is 15.0. The molecule has 0 aliphatic carbocycles. The Labute approximate surface area is 117 Å². The Hall–Kier alpha value is -1.03. The van der Waals surface area contributed by atoms with Gasteiger partial charge >= 0.3 is 5.97 Å². The fourth-order valence-electron chi connectivity index (χ4n) is 1.31. The van der Waals surface area contributed by atoms with Crippen molar-refractivity contribution in [2.75, 3.05) is 0 Å². The van der Waals surface area contributed by atoms with Crippen LogP contribution in [-0.2, 0) is 4.74 Å². The Kier molecular flexibility index (Phi) is 4.79. The van der Waals surface area contributed by atoms with Crippen molar-refractivity contribution in [2.24, 2.45) is 0 Å². The number of benzene rings is 1. The zero-order valence-electron chi connectivity index (χ0n) is 11.4. The lowest BCUT2D eigenvalue weighted by Crippen LogP contribution is -2.23. The maximum Gasteiger partial charge on any atom is 0.338 e. The second kappa shape index (κ2) is 5.74. The maximum absolute atomic E-state index is 11.9. The van der Waals surface area contributed by atoms with Gasteiger partial charge in [-0.3, -0.25) is 0 Å². The van der Waals surface area contributed by atoms with E-state index in [2.05, 4.69) is 15.9 Å². The third kappa shape index (κ3) is 4.69. The van der Waals surface area contributed by atoms with Crippen LogP contribution in [0.15, 0.2) is 22.7 Å². The number of hydrogen-bond donors (Lipinski definition) is 0. The highest BCUT2D eigenvalue weighted by Gasteiger charge is 2.19. The molecule has 0 fully saturated rings. The van der Waals surface area contributed by atoms with Crippen LogP contribution in [0, 0.1) is 0 Å². The van der Waals surface area contributed by atoms with Gasteiger partial charge in [-0.15, -0.1) is 0 Å². The van der Waals surface area contributed by atoms with Gasteiger partial charge < -0.3 is 9.47 Å². The van der Waals surface area contributed by atoms with Gasteiger partial charge in [0.05, 0.1) is 16.1 Å². The molecule has 0 amide bonds. The van der Waals surface area contributed by atoms with E-state index >= 15 is 0 Å². The van der Waals surface area contributed by atoms with Crippen LogP contribution in [0.3, 0.4) is 0 Å². The number of rotatable bonds is 3. The molecule has 0 radical (unpaired) electrons. The number of esters is 1. The Morgan fingerprint density at radius 2 is 1.89 bits per heavy atom. The van der Waals surface area contributed by atoms with Crippen molar-refractivity contribution in [3.05, 3.63) is 28.2 Å². The van der Waals surface area contributed by atoms with Crippen LogP contribution in [0.5, 0.6) is 5.75 Å². The maximum atomic E-state index is 11.9. The normalized spacial score (nSPS) is 11.5. The number of carbonyl (C=O) groups is 1. The first-order chi connectivity index (χ1) is 8.19. The van der Waals surface area contributed by atoms with Gasteiger partial charge in [-0.2, -0.15) is 0 Å². The molecule has 0 atom stereocenters. The van der Waals surface area contributed by atoms with E-state index in [1.165, 1.54) is 0 Å². The molecule has 0 saturated carbocycles. The van der Waals surface area contributed by atoms with Crippen molar-refractivity contribution in [1.82, 2.24) is 0 Å². The highest BCUT2D eigenvalue weighted by Crippen LogP contribution is 2.27. The highest BCUT2D eigenvalue weighted by atomic mass is 79.9. The number of halogens is 1. The lowest BCUT2D eigenvalue weighted by Gasteiger charge is -2.20. The summed E-state index contributed by atoms with van der Waals surface area (Å²) < 4.78 is 11.7. The van der Waals surface area contributed by atoms with E-state index in [0.717, 1.165) is 4.47 Å². The topological polar surface area (TPSA) is 35.5 Å². The van der Waals surface area contributed by atoms with Gasteiger partial charge in [0.15, 0.2) is 0 Å². The summed E-state index contributed by atoms with van der Waals surface area (Å²) in [5, 5.41) is 0. The van der Waals surface area contributed by atoms with Crippen LogP contribution in [0.4, 0.5) is 0 Å². The van der Waals surface area contributed by atoms with Crippen LogP contribution in [-0.4, -0.2) is 17.7 Å². The van der Waals surface area contributed by atoms with E-state index in [4.69, 9.17) is 9.47 Å². The molecule has 18 heavy (non-hydrogen) atoms. The summed E-state index contributed by atoms with van der Waals surface area (Å²) in [6.45, 7) is 9.40. The molecule has 0 N–H and O–H groups in total. The summed E-state index contributed by atoms with van der Waals surface area (Å²) in [6, 6.07) is 5.19. The fourth-order valence-corrected chi connectivity index (χ4v) is 1.65. The summed E-state index contributed by atoms with van der Waals surface area (Å²) in [4.78, 5) is 11.9. The molecule has 0 aromatic heterocycles. The number of hydrogen-bond acceptors (Lipinski definition) is 3. The third-order valence-corrected chi connectivity index (χ3v) is 2.58. The molecule has 0 aliphatic heterocycles. The molecule has 4 heteroatoms. The first-order valence-corrected chi connectivity index (χ1v) is 6.68. The Morgan fingerprint density at radius 3 is 2.39 bits per heavy atom. The van der Waals surface area contributed by atoms with E-state index in [9.17, 15) is 4.79 Å². The van der Waals surface area contributed by atoms with Crippen LogP contribution < -0.4 is 4.74 Å². The van der Waals surface area contributed by atoms with Gasteiger partial charge in [0.2, 0.25) is 0 Å². The summed E-state index contributed by atoms with van der Waals surface area (Å²) in [5.74, 6) is 0.303. The molecule has 0 aliphatic rings. The first-order valence-electron chi connectivity index (χ1n) is 5.88. The number of carbonyl (C=O) groups excluding carboxylic acids is 1. The molecule has 1 aromatic rings. The Balaban J connectivity index is 2.94. The van der Waals surface area contributed by atoms with E-state index < -0.39 is 5.60 Å². The SMILES string of the molecule is CC(C)Oc1cc(C(=O)OC(C)(C)C)ccc1Br. The smallest absolute Gasteiger partial charge is 0.338 e. The molecule has 1 rings (SSSR count). The van der Waals surface area contributed by atoms with E-state index in [0.29, 0.717) is 11.3 Å². The fraction of sp³-hybridized carbons (Fsp3) is 0.500. The summed E-state index contributed by atoms with van der Waals surface area (Å²) in [6.07, 6.45) is 0.0511. The second-order valence-corrected chi connectivity index (χ2v) is 6.17. The van der Waals surface area contributed by atoms with Crippen molar-refractivity contribution in [3.63, 3.8) is 0 Å². The highest BCUT2D eigenvalue weighted by molar-refractivity contribution is 9.10. The monoisotopic (exact) mass is 314 g/mol. The van der Waals surface area contributed by atoms with Crippen LogP contribution >= 0.6 is 15.9 Å². The Morgan fingerprint density at radius 1 is 1.28 bits per heavy atom. The molecular weight excluding hydrogens is 296 g/mol. The molecule has 1 aromatic carbocycles. The summed E-state index contributed by atoms with van der Waals surface area (Å²) >= 11 is 3.39. The molecule has 100 valence electrons. The lowest BCUT2D eigenvalue weighted by molar-refractivity contribution is 0.00689. The minimum atomic E-state index is -0.497. The van der Waals surface area contributed by atoms with Gasteiger partial charge in [0.25, 0.3) is 0 Å². The summed E-state index contributed by atoms with van der Waals surface area (Å²) in [5.41, 5.74) is -0.00719. The minimum absolute atomic E-state index is 0.0511. The standard InChI is InChI=1S/C14H19BrO3/c1-9(2)17-12-8-10(6-7-11(12)15)13(16)18-14(3,4)5/h6-9H,1-5H3. The van der Waals surface area contributed by atoms with E-state index in [1.807, 2.05) is 34.6 Å². The molecule has 0 heterocycles. The van der Waals surface area contributed by atoms with Gasteiger partial charge in [0.1, 0.15) is 11.4 Å². The van der Waals surface area contributed by atoms with Gasteiger partial charge in [0, 0.05) is 0 Å². The minimum Gasteiger partial charge on any atom is -0.490 e. The Bertz CT molecular complexity index is 433. The van der Waals surface area contributed by atoms with Gasteiger partial charge in [-0.25, -0.2) is 4.79 Å². The second-order valence-electron chi connectivity index (χ2n) is 5.31. The van der Waals surface area contributed by atoms with Crippen molar-refractivity contribution in [3.8, 4) is 5.75 Å². The molecule has 0 saturated heterocycles. The quantitative estimate of drug-likeness (QED) is 0.785. The molecule has 0 spiro atoms. The number of ether oxygens (including phenoxy) is 2. The zero-order valence-corrected chi connectivity index (χ0v) is 13.0. The van der Waals surface area contributed by atoms with Gasteiger partial charge in [-0.05, 0) is 68.7 Å². The summed E-state index contributed by atoms with van der Waals surface area (Å²) in [7, 11) is 0. The predicted molar refractivity (Wildman–Crippen MR) is 75.1 cm³/mol. The largest absolute Gasteiger partial charge is 0.490 e. The average Bonchev–Trinajstić information content (AvgIpc) is 2.17. The lowest BCUT2D eigenvalue weighted by atomic mass is 10.1. The van der Waals surface area contributed by atoms with Crippen molar-refractivity contribution >= 4 is 21.9 Å². The predicted octanol–water partition coefficient (Wildman–Crippen LogP) is 4.19. The van der Waals surface area contributed by atoms with Gasteiger partial charge in [-0.1, -0.05) is 0 Å². The van der Waals surface area contributed by atoms with Crippen LogP contribution in [0.2, 0.25) is 0 Å². The molecule has 0 unspecified atom stereocenters. The van der Waals surface area contributed by atoms with Crippen molar-refractivity contribution < 1.29 is 14.3 Å². The van der Waals surface area contributed by atoms with Crippen LogP contribution in [0.25, 0.3) is 0 Å². The molecule has 0 bridgehead atoms. The van der Waals surface area contributed by atoms with E-state index in [1.54, 1.807) is 18.2 Å². The average molecular weight is 315 g/mol. The zero-order chi connectivity index (χ0) is 13.9. The van der Waals surface area contributed by atoms with Crippen molar-refractivity contribution in [1.29, 1.82) is 0 Å². The third-order valence-electron chi connectivity index (χ3n) is 1.93. The van der Waals surface area contributed by atoms with E-state index in [-0.39, 0.29) is 12.1 Å². The van der Waals surface area contributed by atoms with Crippen LogP contribution in [0.1, 0.15) is 45.0 Å². The molecule has 3 nitrogen and oxygen atoms in total. The molecular formula is C14H19BrO3. The van der Waals surface area contributed by atoms with Crippen molar-refractivity contribution in [2.45, 2.75) is 46.3 Å².